The summed E-state index contributed by atoms with van der Waals surface area (Å²) in [6.07, 6.45) is 2.90. The molecule has 0 bridgehead atoms. The molecule has 2 N–H and O–H groups in total. The number of carbonyl (C=O) groups is 1. The van der Waals surface area contributed by atoms with E-state index < -0.39 is 0 Å². The number of hydrogen-bond acceptors (Lipinski definition) is 3. The van der Waals surface area contributed by atoms with E-state index in [1.54, 1.807) is 0 Å². The number of carbonyl (C=O) groups excluding carboxylic acids is 1. The lowest BCUT2D eigenvalue weighted by Crippen LogP contribution is -2.32. The van der Waals surface area contributed by atoms with E-state index in [4.69, 9.17) is 0 Å². The Balaban J connectivity index is 1.73. The Morgan fingerprint density at radius 1 is 1.37 bits per heavy atom. The first-order valence-electron chi connectivity index (χ1n) is 6.41. The zero-order valence-electron chi connectivity index (χ0n) is 11.0. The van der Waals surface area contributed by atoms with Crippen LogP contribution in [0.3, 0.4) is 0 Å². The van der Waals surface area contributed by atoms with Crippen molar-refractivity contribution in [3.8, 4) is 0 Å². The van der Waals surface area contributed by atoms with Crippen molar-refractivity contribution in [2.45, 2.75) is 19.8 Å². The van der Waals surface area contributed by atoms with E-state index in [9.17, 15) is 4.79 Å². The maximum Gasteiger partial charge on any atom is 0.223 e. The lowest BCUT2D eigenvalue weighted by molar-refractivity contribution is -0.124. The Hall–Kier alpha value is -2.17. The lowest BCUT2D eigenvalue weighted by atomic mass is 10.0. The second kappa shape index (κ2) is 6.68. The average molecular weight is 258 g/mol. The third-order valence-electron chi connectivity index (χ3n) is 2.96. The minimum Gasteiger partial charge on any atom is -0.355 e. The summed E-state index contributed by atoms with van der Waals surface area (Å²) in [6, 6.07) is 10.0. The van der Waals surface area contributed by atoms with Gasteiger partial charge in [0.15, 0.2) is 0 Å². The van der Waals surface area contributed by atoms with Crippen LogP contribution in [0.25, 0.3) is 0 Å². The molecule has 1 unspecified atom stereocenters. The molecule has 0 saturated carbocycles. The molecule has 0 aliphatic rings. The molecular formula is C14H18N4O. The minimum atomic E-state index is -0.0304. The predicted molar refractivity (Wildman–Crippen MR) is 72.4 cm³/mol. The van der Waals surface area contributed by atoms with Crippen LogP contribution < -0.4 is 5.32 Å². The fraction of sp³-hybridized carbons (Fsp3) is 0.357. The maximum atomic E-state index is 11.9. The molecule has 0 saturated heterocycles. The summed E-state index contributed by atoms with van der Waals surface area (Å²) < 4.78 is 0. The van der Waals surface area contributed by atoms with Gasteiger partial charge in [0.25, 0.3) is 0 Å². The third kappa shape index (κ3) is 4.21. The predicted octanol–water partition coefficient (Wildman–Crippen LogP) is 1.34. The minimum absolute atomic E-state index is 0.0304. The van der Waals surface area contributed by atoms with E-state index in [2.05, 4.69) is 20.5 Å². The van der Waals surface area contributed by atoms with Crippen molar-refractivity contribution in [2.75, 3.05) is 6.54 Å². The molecule has 2 rings (SSSR count). The second-order valence-electron chi connectivity index (χ2n) is 4.56. The summed E-state index contributed by atoms with van der Waals surface area (Å²) in [4.78, 5) is 15.9. The number of aromatic nitrogens is 3. The van der Waals surface area contributed by atoms with Gasteiger partial charge in [-0.15, -0.1) is 0 Å². The molecular weight excluding hydrogens is 240 g/mol. The van der Waals surface area contributed by atoms with E-state index in [1.807, 2.05) is 37.3 Å². The summed E-state index contributed by atoms with van der Waals surface area (Å²) in [5, 5.41) is 9.44. The summed E-state index contributed by atoms with van der Waals surface area (Å²) in [5.74, 6) is 0.830. The SMILES string of the molecule is CC(Cc1ccccc1)C(=O)NCCc1ncn[nH]1. The first kappa shape index (κ1) is 13.3. The highest BCUT2D eigenvalue weighted by atomic mass is 16.1. The van der Waals surface area contributed by atoms with Crippen LogP contribution in [0.1, 0.15) is 18.3 Å². The van der Waals surface area contributed by atoms with Crippen molar-refractivity contribution in [3.63, 3.8) is 0 Å². The average Bonchev–Trinajstić information content (AvgIpc) is 2.93. The normalized spacial score (nSPS) is 12.1. The Kier molecular flexibility index (Phi) is 4.66. The van der Waals surface area contributed by atoms with E-state index in [0.717, 1.165) is 12.2 Å². The van der Waals surface area contributed by atoms with Gasteiger partial charge in [-0.05, 0) is 12.0 Å². The number of nitrogens with one attached hydrogen (secondary N) is 2. The zero-order valence-corrected chi connectivity index (χ0v) is 11.0. The first-order chi connectivity index (χ1) is 9.25. The molecule has 1 aromatic heterocycles. The number of H-pyrrole nitrogens is 1. The van der Waals surface area contributed by atoms with E-state index in [-0.39, 0.29) is 11.8 Å². The van der Waals surface area contributed by atoms with Crippen LogP contribution in [0.4, 0.5) is 0 Å². The van der Waals surface area contributed by atoms with Crippen molar-refractivity contribution in [1.29, 1.82) is 0 Å². The number of benzene rings is 1. The summed E-state index contributed by atoms with van der Waals surface area (Å²) in [5.41, 5.74) is 1.18. The molecule has 0 fully saturated rings. The summed E-state index contributed by atoms with van der Waals surface area (Å²) >= 11 is 0. The van der Waals surface area contributed by atoms with Gasteiger partial charge in [-0.25, -0.2) is 4.98 Å². The lowest BCUT2D eigenvalue weighted by Gasteiger charge is -2.11. The number of hydrogen-bond donors (Lipinski definition) is 2. The van der Waals surface area contributed by atoms with Crippen molar-refractivity contribution in [3.05, 3.63) is 48.0 Å². The fourth-order valence-corrected chi connectivity index (χ4v) is 1.89. The van der Waals surface area contributed by atoms with Crippen LogP contribution in [-0.2, 0) is 17.6 Å². The monoisotopic (exact) mass is 258 g/mol. The van der Waals surface area contributed by atoms with Crippen LogP contribution in [0.5, 0.6) is 0 Å². The Morgan fingerprint density at radius 3 is 2.84 bits per heavy atom. The largest absolute Gasteiger partial charge is 0.355 e. The standard InChI is InChI=1S/C14H18N4O/c1-11(9-12-5-3-2-4-6-12)14(19)15-8-7-13-16-10-17-18-13/h2-6,10-11H,7-9H2,1H3,(H,15,19)(H,16,17,18). The highest BCUT2D eigenvalue weighted by Crippen LogP contribution is 2.08. The quantitative estimate of drug-likeness (QED) is 0.821. The van der Waals surface area contributed by atoms with Gasteiger partial charge in [0.1, 0.15) is 12.2 Å². The molecule has 0 radical (unpaired) electrons. The van der Waals surface area contributed by atoms with Crippen molar-refractivity contribution in [1.82, 2.24) is 20.5 Å². The fourth-order valence-electron chi connectivity index (χ4n) is 1.89. The zero-order chi connectivity index (χ0) is 13.5. The Labute approximate surface area is 112 Å². The molecule has 5 heteroatoms. The smallest absolute Gasteiger partial charge is 0.223 e. The van der Waals surface area contributed by atoms with Crippen molar-refractivity contribution >= 4 is 5.91 Å². The molecule has 0 aliphatic heterocycles. The Morgan fingerprint density at radius 2 is 2.16 bits per heavy atom. The van der Waals surface area contributed by atoms with Gasteiger partial charge in [-0.3, -0.25) is 9.89 Å². The molecule has 19 heavy (non-hydrogen) atoms. The van der Waals surface area contributed by atoms with Crippen LogP contribution in [0, 0.1) is 5.92 Å². The topological polar surface area (TPSA) is 70.7 Å². The third-order valence-corrected chi connectivity index (χ3v) is 2.96. The number of aromatic amines is 1. The Bertz CT molecular complexity index is 495. The molecule has 0 aliphatic carbocycles. The van der Waals surface area contributed by atoms with Crippen LogP contribution in [0.15, 0.2) is 36.7 Å². The van der Waals surface area contributed by atoms with Gasteiger partial charge >= 0.3 is 0 Å². The van der Waals surface area contributed by atoms with E-state index in [1.165, 1.54) is 11.9 Å². The van der Waals surface area contributed by atoms with Gasteiger partial charge in [0.2, 0.25) is 5.91 Å². The molecule has 2 aromatic rings. The van der Waals surface area contributed by atoms with Crippen LogP contribution >= 0.6 is 0 Å². The summed E-state index contributed by atoms with van der Waals surface area (Å²) in [7, 11) is 0. The number of amides is 1. The van der Waals surface area contributed by atoms with Gasteiger partial charge in [0, 0.05) is 18.9 Å². The molecule has 1 amide bonds. The van der Waals surface area contributed by atoms with Gasteiger partial charge in [-0.2, -0.15) is 5.10 Å². The van der Waals surface area contributed by atoms with Crippen LogP contribution in [-0.4, -0.2) is 27.6 Å². The first-order valence-corrected chi connectivity index (χ1v) is 6.41. The van der Waals surface area contributed by atoms with Crippen LogP contribution in [0.2, 0.25) is 0 Å². The van der Waals surface area contributed by atoms with Crippen molar-refractivity contribution in [2.24, 2.45) is 5.92 Å². The molecule has 1 atom stereocenters. The van der Waals surface area contributed by atoms with Crippen molar-refractivity contribution < 1.29 is 4.79 Å². The molecule has 1 aromatic carbocycles. The molecule has 0 spiro atoms. The van der Waals surface area contributed by atoms with Gasteiger partial charge in [-0.1, -0.05) is 37.3 Å². The maximum absolute atomic E-state index is 11.9. The second-order valence-corrected chi connectivity index (χ2v) is 4.56. The van der Waals surface area contributed by atoms with Gasteiger partial charge in [0.05, 0.1) is 0 Å². The number of nitrogens with zero attached hydrogens (tertiary/aromatic N) is 2. The molecule has 100 valence electrons. The van der Waals surface area contributed by atoms with E-state index >= 15 is 0 Å². The van der Waals surface area contributed by atoms with E-state index in [0.29, 0.717) is 13.0 Å². The van der Waals surface area contributed by atoms with Gasteiger partial charge < -0.3 is 5.32 Å². The molecule has 1 heterocycles. The molecule has 5 nitrogen and oxygen atoms in total. The number of rotatable bonds is 6. The highest BCUT2D eigenvalue weighted by Gasteiger charge is 2.12. The summed E-state index contributed by atoms with van der Waals surface area (Å²) in [6.45, 7) is 2.52. The highest BCUT2D eigenvalue weighted by molar-refractivity contribution is 5.78.